The molecule has 3 rings (SSSR count). The van der Waals surface area contributed by atoms with Crippen LogP contribution in [0.2, 0.25) is 0 Å². The first-order valence-electron chi connectivity index (χ1n) is 9.50. The molecule has 162 valence electrons. The van der Waals surface area contributed by atoms with Crippen LogP contribution in [-0.2, 0) is 0 Å². The minimum absolute atomic E-state index is 0.0421. The zero-order valence-corrected chi connectivity index (χ0v) is 18.0. The number of rotatable bonds is 10. The molecule has 0 amide bonds. The zero-order chi connectivity index (χ0) is 22.1. The summed E-state index contributed by atoms with van der Waals surface area (Å²) in [6.07, 6.45) is 7.22. The number of hydrogen-bond donors (Lipinski definition) is 0. The van der Waals surface area contributed by atoms with E-state index in [9.17, 15) is 0 Å². The molecule has 0 aliphatic carbocycles. The Labute approximate surface area is 181 Å². The Morgan fingerprint density at radius 2 is 1.26 bits per heavy atom. The van der Waals surface area contributed by atoms with Crippen LogP contribution in [0.4, 0.5) is 0 Å². The lowest BCUT2D eigenvalue weighted by atomic mass is 10.1. The molecule has 7 heteroatoms. The van der Waals surface area contributed by atoms with Gasteiger partial charge >= 0.3 is 0 Å². The van der Waals surface area contributed by atoms with Crippen LogP contribution < -0.4 is 28.4 Å². The van der Waals surface area contributed by atoms with Gasteiger partial charge in [-0.15, -0.1) is 0 Å². The first kappa shape index (κ1) is 21.8. The van der Waals surface area contributed by atoms with Crippen LogP contribution >= 0.6 is 0 Å². The van der Waals surface area contributed by atoms with Crippen molar-refractivity contribution in [3.63, 3.8) is 0 Å². The third-order valence-electron chi connectivity index (χ3n) is 4.43. The largest absolute Gasteiger partial charge is 0.493 e. The number of nitrogens with zero attached hydrogens (tertiary/aromatic N) is 1. The van der Waals surface area contributed by atoms with E-state index in [1.807, 2.05) is 42.5 Å². The third-order valence-corrected chi connectivity index (χ3v) is 4.43. The second-order valence-electron chi connectivity index (χ2n) is 6.29. The van der Waals surface area contributed by atoms with Crippen molar-refractivity contribution in [2.45, 2.75) is 0 Å². The molecule has 0 unspecified atom stereocenters. The molecule has 0 aliphatic heterocycles. The van der Waals surface area contributed by atoms with Gasteiger partial charge in [-0.3, -0.25) is 4.98 Å². The molecule has 1 heterocycles. The van der Waals surface area contributed by atoms with Crippen LogP contribution in [0.1, 0.15) is 11.1 Å². The molecule has 0 saturated heterocycles. The smallest absolute Gasteiger partial charge is 0.231 e. The molecule has 0 saturated carbocycles. The lowest BCUT2D eigenvalue weighted by molar-refractivity contribution is 0.116. The molecule has 7 nitrogen and oxygen atoms in total. The van der Waals surface area contributed by atoms with E-state index >= 15 is 0 Å². The Bertz CT molecular complexity index is 995. The van der Waals surface area contributed by atoms with E-state index < -0.39 is 0 Å². The number of pyridine rings is 1. The summed E-state index contributed by atoms with van der Waals surface area (Å²) < 4.78 is 32.9. The van der Waals surface area contributed by atoms with Gasteiger partial charge in [0.2, 0.25) is 12.5 Å². The summed E-state index contributed by atoms with van der Waals surface area (Å²) in [5.41, 5.74) is 1.82. The second-order valence-corrected chi connectivity index (χ2v) is 6.29. The van der Waals surface area contributed by atoms with Crippen LogP contribution in [0.3, 0.4) is 0 Å². The second kappa shape index (κ2) is 10.8. The van der Waals surface area contributed by atoms with Gasteiger partial charge in [-0.1, -0.05) is 18.2 Å². The lowest BCUT2D eigenvalue weighted by Crippen LogP contribution is -2.06. The highest BCUT2D eigenvalue weighted by Crippen LogP contribution is 2.38. The fraction of sp³-hybridized carbons (Fsp3) is 0.208. The Morgan fingerprint density at radius 3 is 1.87 bits per heavy atom. The summed E-state index contributed by atoms with van der Waals surface area (Å²) in [7, 11) is 6.35. The van der Waals surface area contributed by atoms with E-state index in [0.29, 0.717) is 34.5 Å². The molecule has 0 aliphatic rings. The van der Waals surface area contributed by atoms with Crippen LogP contribution in [0.15, 0.2) is 54.9 Å². The maximum Gasteiger partial charge on any atom is 0.231 e. The van der Waals surface area contributed by atoms with E-state index in [0.717, 1.165) is 11.1 Å². The highest BCUT2D eigenvalue weighted by atomic mass is 16.7. The van der Waals surface area contributed by atoms with E-state index in [4.69, 9.17) is 28.4 Å². The molecule has 0 radical (unpaired) electrons. The van der Waals surface area contributed by atoms with E-state index in [1.165, 1.54) is 0 Å². The Morgan fingerprint density at radius 1 is 0.645 bits per heavy atom. The van der Waals surface area contributed by atoms with Gasteiger partial charge in [-0.2, -0.15) is 0 Å². The van der Waals surface area contributed by atoms with E-state index in [2.05, 4.69) is 4.98 Å². The zero-order valence-electron chi connectivity index (χ0n) is 18.0. The quantitative estimate of drug-likeness (QED) is 0.346. The summed E-state index contributed by atoms with van der Waals surface area (Å²) in [5, 5.41) is 0. The van der Waals surface area contributed by atoms with Crippen molar-refractivity contribution < 1.29 is 28.4 Å². The molecule has 0 fully saturated rings. The van der Waals surface area contributed by atoms with Crippen molar-refractivity contribution in [1.29, 1.82) is 0 Å². The average molecular weight is 423 g/mol. The maximum absolute atomic E-state index is 5.77. The molecular weight excluding hydrogens is 398 g/mol. The van der Waals surface area contributed by atoms with Crippen molar-refractivity contribution in [1.82, 2.24) is 4.98 Å². The topological polar surface area (TPSA) is 68.3 Å². The summed E-state index contributed by atoms with van der Waals surface area (Å²) in [6.45, 7) is 0.0421. The Balaban J connectivity index is 1.77. The van der Waals surface area contributed by atoms with Gasteiger partial charge in [0, 0.05) is 12.4 Å². The van der Waals surface area contributed by atoms with Gasteiger partial charge in [0.15, 0.2) is 23.0 Å². The minimum atomic E-state index is 0.0421. The summed E-state index contributed by atoms with van der Waals surface area (Å²) in [5.74, 6) is 3.60. The lowest BCUT2D eigenvalue weighted by Gasteiger charge is -2.13. The average Bonchev–Trinajstić information content (AvgIpc) is 2.82. The standard InChI is InChI=1S/C24H25NO6/c1-26-20-8-7-17(13-21(20)31-16-30-19-9-11-25-12-10-19)5-6-18-14-22(27-2)24(29-4)23(15-18)28-3/h5-15H,16H2,1-4H3/b6-5-. The van der Waals surface area contributed by atoms with Gasteiger partial charge < -0.3 is 28.4 Å². The van der Waals surface area contributed by atoms with Crippen molar-refractivity contribution in [2.75, 3.05) is 35.2 Å². The molecule has 2 aromatic carbocycles. The van der Waals surface area contributed by atoms with E-state index in [-0.39, 0.29) is 6.79 Å². The van der Waals surface area contributed by atoms with Crippen LogP contribution in [0.25, 0.3) is 12.2 Å². The molecule has 0 atom stereocenters. The molecule has 0 bridgehead atoms. The highest BCUT2D eigenvalue weighted by Gasteiger charge is 2.12. The van der Waals surface area contributed by atoms with Crippen LogP contribution in [-0.4, -0.2) is 40.2 Å². The molecule has 0 N–H and O–H groups in total. The highest BCUT2D eigenvalue weighted by molar-refractivity contribution is 5.73. The Hall–Kier alpha value is -3.87. The first-order chi connectivity index (χ1) is 15.2. The normalized spacial score (nSPS) is 10.6. The summed E-state index contributed by atoms with van der Waals surface area (Å²) in [4.78, 5) is 3.96. The summed E-state index contributed by atoms with van der Waals surface area (Å²) >= 11 is 0. The minimum Gasteiger partial charge on any atom is -0.493 e. The first-order valence-corrected chi connectivity index (χ1v) is 9.50. The third kappa shape index (κ3) is 5.60. The SMILES string of the molecule is COc1ccc(/C=C\c2cc(OC)c(OC)c(OC)c2)cc1OCOc1ccncc1. The summed E-state index contributed by atoms with van der Waals surface area (Å²) in [6, 6.07) is 12.9. The fourth-order valence-corrected chi connectivity index (χ4v) is 2.90. The van der Waals surface area contributed by atoms with Crippen LogP contribution in [0, 0.1) is 0 Å². The van der Waals surface area contributed by atoms with Gasteiger partial charge in [-0.25, -0.2) is 0 Å². The Kier molecular flexibility index (Phi) is 7.59. The molecular formula is C24H25NO6. The monoisotopic (exact) mass is 423 g/mol. The number of ether oxygens (including phenoxy) is 6. The molecule has 1 aromatic heterocycles. The van der Waals surface area contributed by atoms with Gasteiger partial charge in [0.25, 0.3) is 0 Å². The van der Waals surface area contributed by atoms with Crippen molar-refractivity contribution in [3.8, 4) is 34.5 Å². The van der Waals surface area contributed by atoms with Crippen molar-refractivity contribution in [3.05, 3.63) is 66.0 Å². The van der Waals surface area contributed by atoms with Crippen molar-refractivity contribution >= 4 is 12.2 Å². The number of benzene rings is 2. The molecule has 0 spiro atoms. The maximum atomic E-state index is 5.77. The van der Waals surface area contributed by atoms with Crippen molar-refractivity contribution in [2.24, 2.45) is 0 Å². The molecule has 31 heavy (non-hydrogen) atoms. The number of methoxy groups -OCH3 is 4. The fourth-order valence-electron chi connectivity index (χ4n) is 2.90. The van der Waals surface area contributed by atoms with Gasteiger partial charge in [0.1, 0.15) is 5.75 Å². The predicted octanol–water partition coefficient (Wildman–Crippen LogP) is 4.70. The van der Waals surface area contributed by atoms with E-state index in [1.54, 1.807) is 53.0 Å². The van der Waals surface area contributed by atoms with Gasteiger partial charge in [0.05, 0.1) is 28.4 Å². The van der Waals surface area contributed by atoms with Crippen LogP contribution in [0.5, 0.6) is 34.5 Å². The predicted molar refractivity (Wildman–Crippen MR) is 118 cm³/mol. The number of hydrogen-bond acceptors (Lipinski definition) is 7. The van der Waals surface area contributed by atoms with Gasteiger partial charge in [-0.05, 0) is 47.5 Å². The molecule has 3 aromatic rings. The number of aromatic nitrogens is 1.